The molecule has 2 heterocycles. The molecule has 0 aliphatic carbocycles. The van der Waals surface area contributed by atoms with Gasteiger partial charge in [0.2, 0.25) is 5.91 Å². The van der Waals surface area contributed by atoms with Crippen LogP contribution in [0.2, 0.25) is 0 Å². The lowest BCUT2D eigenvalue weighted by Crippen LogP contribution is -2.50. The number of hydrogen-bond donors (Lipinski definition) is 1. The number of carbonyl (C=O) groups is 2. The molecular formula is C20H29N3O3. The molecule has 0 spiro atoms. The number of nitrogens with zero attached hydrogens (tertiary/aromatic N) is 2. The van der Waals surface area contributed by atoms with Crippen LogP contribution in [0.4, 0.5) is 0 Å². The molecule has 0 saturated carbocycles. The summed E-state index contributed by atoms with van der Waals surface area (Å²) in [6.07, 6.45) is 3.87. The second kappa shape index (κ2) is 9.03. The van der Waals surface area contributed by atoms with Gasteiger partial charge in [0.15, 0.2) is 6.61 Å². The third kappa shape index (κ3) is 4.55. The predicted molar refractivity (Wildman–Crippen MR) is 99.9 cm³/mol. The highest BCUT2D eigenvalue weighted by molar-refractivity contribution is 5.82. The Kier molecular flexibility index (Phi) is 6.50. The van der Waals surface area contributed by atoms with Crippen LogP contribution in [0, 0.1) is 5.92 Å². The Morgan fingerprint density at radius 1 is 1.15 bits per heavy atom. The number of carbonyl (C=O) groups excluding carboxylic acids is 2. The van der Waals surface area contributed by atoms with Gasteiger partial charge in [-0.2, -0.15) is 0 Å². The number of para-hydroxylation sites is 1. The monoisotopic (exact) mass is 359 g/mol. The van der Waals surface area contributed by atoms with Gasteiger partial charge < -0.3 is 19.9 Å². The van der Waals surface area contributed by atoms with E-state index in [9.17, 15) is 9.59 Å². The lowest BCUT2D eigenvalue weighted by molar-refractivity contribution is -0.142. The largest absolute Gasteiger partial charge is 0.484 e. The van der Waals surface area contributed by atoms with E-state index in [0.29, 0.717) is 24.9 Å². The van der Waals surface area contributed by atoms with Crippen LogP contribution in [0.5, 0.6) is 5.75 Å². The van der Waals surface area contributed by atoms with Gasteiger partial charge in [-0.1, -0.05) is 18.2 Å². The second-order valence-electron chi connectivity index (χ2n) is 7.17. The molecule has 6 nitrogen and oxygen atoms in total. The molecule has 1 N–H and O–H groups in total. The van der Waals surface area contributed by atoms with Crippen molar-refractivity contribution in [1.29, 1.82) is 0 Å². The van der Waals surface area contributed by atoms with Gasteiger partial charge in [0.1, 0.15) is 5.75 Å². The highest BCUT2D eigenvalue weighted by Gasteiger charge is 2.35. The Labute approximate surface area is 155 Å². The number of ether oxygens (including phenoxy) is 1. The Hall–Kier alpha value is -2.08. The Morgan fingerprint density at radius 2 is 1.92 bits per heavy atom. The van der Waals surface area contributed by atoms with Gasteiger partial charge in [-0.3, -0.25) is 9.59 Å². The first-order valence-electron chi connectivity index (χ1n) is 9.59. The maximum absolute atomic E-state index is 13.0. The molecular weight excluding hydrogens is 330 g/mol. The zero-order valence-corrected chi connectivity index (χ0v) is 15.5. The fourth-order valence-electron chi connectivity index (χ4n) is 3.97. The van der Waals surface area contributed by atoms with E-state index in [4.69, 9.17) is 4.74 Å². The maximum Gasteiger partial charge on any atom is 0.260 e. The molecule has 1 aromatic rings. The highest BCUT2D eigenvalue weighted by Crippen LogP contribution is 2.24. The topological polar surface area (TPSA) is 61.9 Å². The van der Waals surface area contributed by atoms with Crippen LogP contribution in [0.3, 0.4) is 0 Å². The highest BCUT2D eigenvalue weighted by atomic mass is 16.5. The first-order valence-corrected chi connectivity index (χ1v) is 9.59. The molecule has 0 radical (unpaired) electrons. The summed E-state index contributed by atoms with van der Waals surface area (Å²) in [5.41, 5.74) is 0. The fraction of sp³-hybridized carbons (Fsp3) is 0.600. The number of rotatable bonds is 6. The van der Waals surface area contributed by atoms with E-state index >= 15 is 0 Å². The van der Waals surface area contributed by atoms with Crippen LogP contribution < -0.4 is 10.1 Å². The van der Waals surface area contributed by atoms with Crippen molar-refractivity contribution >= 4 is 11.8 Å². The van der Waals surface area contributed by atoms with Crippen molar-refractivity contribution in [2.45, 2.75) is 31.7 Å². The molecule has 1 aromatic carbocycles. The van der Waals surface area contributed by atoms with E-state index in [1.54, 1.807) is 4.90 Å². The zero-order chi connectivity index (χ0) is 18.4. The minimum atomic E-state index is -0.0816. The molecule has 6 heteroatoms. The van der Waals surface area contributed by atoms with Gasteiger partial charge in [0.25, 0.3) is 5.91 Å². The molecule has 0 bridgehead atoms. The summed E-state index contributed by atoms with van der Waals surface area (Å²) >= 11 is 0. The molecule has 26 heavy (non-hydrogen) atoms. The summed E-state index contributed by atoms with van der Waals surface area (Å²) in [4.78, 5) is 29.3. The van der Waals surface area contributed by atoms with Crippen molar-refractivity contribution in [3.05, 3.63) is 30.3 Å². The van der Waals surface area contributed by atoms with Gasteiger partial charge in [-0.25, -0.2) is 0 Å². The van der Waals surface area contributed by atoms with Crippen LogP contribution in [0.25, 0.3) is 0 Å². The number of piperidine rings is 1. The summed E-state index contributed by atoms with van der Waals surface area (Å²) in [6.45, 7) is 2.93. The molecule has 2 fully saturated rings. The number of hydrogen-bond acceptors (Lipinski definition) is 4. The first kappa shape index (κ1) is 18.7. The Bertz CT molecular complexity index is 608. The number of likely N-dealkylation sites (tertiary alicyclic amines) is 2. The predicted octanol–water partition coefficient (Wildman–Crippen LogP) is 1.51. The van der Waals surface area contributed by atoms with Crippen molar-refractivity contribution in [3.63, 3.8) is 0 Å². The maximum atomic E-state index is 13.0. The summed E-state index contributed by atoms with van der Waals surface area (Å²) < 4.78 is 5.57. The smallest absolute Gasteiger partial charge is 0.260 e. The van der Waals surface area contributed by atoms with Crippen molar-refractivity contribution < 1.29 is 14.3 Å². The zero-order valence-electron chi connectivity index (χ0n) is 15.5. The third-order valence-corrected chi connectivity index (χ3v) is 5.33. The summed E-state index contributed by atoms with van der Waals surface area (Å²) in [6, 6.07) is 9.64. The minimum absolute atomic E-state index is 0.0248. The van der Waals surface area contributed by atoms with Crippen molar-refractivity contribution in [2.24, 2.45) is 5.92 Å². The number of nitrogens with one attached hydrogen (secondary N) is 1. The van der Waals surface area contributed by atoms with Gasteiger partial charge in [-0.15, -0.1) is 0 Å². The van der Waals surface area contributed by atoms with E-state index in [0.717, 1.165) is 38.8 Å². The normalized spacial score (nSPS) is 23.1. The number of likely N-dealkylation sites (N-methyl/N-ethyl adjacent to an activating group) is 1. The van der Waals surface area contributed by atoms with Gasteiger partial charge in [0.05, 0.1) is 5.92 Å². The van der Waals surface area contributed by atoms with Gasteiger partial charge >= 0.3 is 0 Å². The van der Waals surface area contributed by atoms with Gasteiger partial charge in [-0.05, 0) is 44.9 Å². The van der Waals surface area contributed by atoms with E-state index in [2.05, 4.69) is 5.32 Å². The summed E-state index contributed by atoms with van der Waals surface area (Å²) in [5.74, 6) is 0.781. The van der Waals surface area contributed by atoms with Crippen LogP contribution >= 0.6 is 0 Å². The first-order chi connectivity index (χ1) is 12.7. The fourth-order valence-corrected chi connectivity index (χ4v) is 3.97. The quantitative estimate of drug-likeness (QED) is 0.836. The Balaban J connectivity index is 1.53. The molecule has 2 aliphatic heterocycles. The van der Waals surface area contributed by atoms with E-state index < -0.39 is 0 Å². The van der Waals surface area contributed by atoms with Gasteiger partial charge in [0, 0.05) is 32.2 Å². The van der Waals surface area contributed by atoms with Crippen molar-refractivity contribution in [2.75, 3.05) is 39.8 Å². The minimum Gasteiger partial charge on any atom is -0.484 e. The van der Waals surface area contributed by atoms with Crippen LogP contribution in [0.1, 0.15) is 25.7 Å². The third-order valence-electron chi connectivity index (χ3n) is 5.33. The second-order valence-corrected chi connectivity index (χ2v) is 7.17. The Morgan fingerprint density at radius 3 is 2.69 bits per heavy atom. The van der Waals surface area contributed by atoms with Crippen LogP contribution in [-0.4, -0.2) is 67.5 Å². The van der Waals surface area contributed by atoms with Crippen molar-refractivity contribution in [3.8, 4) is 5.75 Å². The molecule has 2 atom stereocenters. The molecule has 2 amide bonds. The molecule has 2 saturated heterocycles. The standard InChI is InChI=1S/C20H29N3O3/c1-21-13-17-8-6-12-23(17)20(25)16-7-5-11-22(14-16)19(24)15-26-18-9-3-2-4-10-18/h2-4,9-10,16-17,21H,5-8,11-15H2,1H3. The number of benzene rings is 1. The molecule has 2 unspecified atom stereocenters. The number of amides is 2. The molecule has 142 valence electrons. The van der Waals surface area contributed by atoms with Crippen molar-refractivity contribution in [1.82, 2.24) is 15.1 Å². The molecule has 0 aromatic heterocycles. The average Bonchev–Trinajstić information content (AvgIpc) is 3.15. The SMILES string of the molecule is CNCC1CCCN1C(=O)C1CCCN(C(=O)COc2ccccc2)C1. The molecule has 3 rings (SSSR count). The lowest BCUT2D eigenvalue weighted by atomic mass is 9.96. The lowest BCUT2D eigenvalue weighted by Gasteiger charge is -2.35. The average molecular weight is 359 g/mol. The van der Waals surface area contributed by atoms with E-state index in [1.165, 1.54) is 0 Å². The van der Waals surface area contributed by atoms with E-state index in [-0.39, 0.29) is 24.3 Å². The van der Waals surface area contributed by atoms with Crippen LogP contribution in [0.15, 0.2) is 30.3 Å². The van der Waals surface area contributed by atoms with E-state index in [1.807, 2.05) is 42.3 Å². The summed E-state index contributed by atoms with van der Waals surface area (Å²) in [5, 5.41) is 3.18. The molecule has 2 aliphatic rings. The summed E-state index contributed by atoms with van der Waals surface area (Å²) in [7, 11) is 1.93. The van der Waals surface area contributed by atoms with Crippen LogP contribution in [-0.2, 0) is 9.59 Å².